The highest BCUT2D eigenvalue weighted by Gasteiger charge is 2.16. The number of ketones is 1. The molecule has 28 heavy (non-hydrogen) atoms. The fourth-order valence-electron chi connectivity index (χ4n) is 3.02. The van der Waals surface area contributed by atoms with Gasteiger partial charge in [0.2, 0.25) is 17.6 Å². The minimum atomic E-state index is -0.219. The second-order valence-electron chi connectivity index (χ2n) is 6.87. The van der Waals surface area contributed by atoms with E-state index in [0.717, 1.165) is 29.1 Å². The molecule has 3 aromatic rings. The normalized spacial score (nSPS) is 10.7. The van der Waals surface area contributed by atoms with E-state index in [1.165, 1.54) is 0 Å². The van der Waals surface area contributed by atoms with Gasteiger partial charge in [-0.25, -0.2) is 9.97 Å². The van der Waals surface area contributed by atoms with Gasteiger partial charge in [0.05, 0.1) is 12.1 Å². The van der Waals surface area contributed by atoms with Gasteiger partial charge >= 0.3 is 0 Å². The van der Waals surface area contributed by atoms with Crippen molar-refractivity contribution in [1.29, 1.82) is 0 Å². The summed E-state index contributed by atoms with van der Waals surface area (Å²) in [6, 6.07) is 12.9. The number of aryl methyl sites for hydroxylation is 3. The smallest absolute Gasteiger partial charge is 0.232 e. The first-order chi connectivity index (χ1) is 13.4. The molecule has 1 amide bonds. The van der Waals surface area contributed by atoms with Crippen molar-refractivity contribution in [3.8, 4) is 0 Å². The summed E-state index contributed by atoms with van der Waals surface area (Å²) in [5.74, 6) is 0.0268. The molecule has 2 heterocycles. The third kappa shape index (κ3) is 4.34. The fraction of sp³-hybridized carbons (Fsp3) is 0.273. The van der Waals surface area contributed by atoms with Gasteiger partial charge in [0.15, 0.2) is 0 Å². The first kappa shape index (κ1) is 19.5. The molecule has 0 aliphatic carbocycles. The summed E-state index contributed by atoms with van der Waals surface area (Å²) < 4.78 is 1.76. The summed E-state index contributed by atoms with van der Waals surface area (Å²) in [6.07, 6.45) is 0.908. The lowest BCUT2D eigenvalue weighted by molar-refractivity contribution is -0.115. The van der Waals surface area contributed by atoms with Crippen LogP contribution in [-0.4, -0.2) is 26.2 Å². The van der Waals surface area contributed by atoms with E-state index < -0.39 is 0 Å². The van der Waals surface area contributed by atoms with Crippen molar-refractivity contribution in [1.82, 2.24) is 14.5 Å². The average Bonchev–Trinajstić information content (AvgIpc) is 3.01. The van der Waals surface area contributed by atoms with Crippen LogP contribution in [0, 0.1) is 13.8 Å². The van der Waals surface area contributed by atoms with Crippen molar-refractivity contribution in [2.75, 3.05) is 5.32 Å². The molecule has 6 heteroatoms. The van der Waals surface area contributed by atoms with E-state index in [1.54, 1.807) is 23.7 Å². The van der Waals surface area contributed by atoms with E-state index in [4.69, 9.17) is 0 Å². The number of hydrogen-bond donors (Lipinski definition) is 1. The third-order valence-electron chi connectivity index (χ3n) is 4.63. The molecular formula is C22H24N4O2. The van der Waals surface area contributed by atoms with Crippen LogP contribution in [0.15, 0.2) is 42.5 Å². The number of nitrogens with zero attached hydrogens (tertiary/aromatic N) is 3. The average molecular weight is 376 g/mol. The van der Waals surface area contributed by atoms with Gasteiger partial charge in [0.25, 0.3) is 0 Å². The largest absolute Gasteiger partial charge is 0.344 e. The first-order valence-corrected chi connectivity index (χ1v) is 9.27. The van der Waals surface area contributed by atoms with Gasteiger partial charge < -0.3 is 4.57 Å². The topological polar surface area (TPSA) is 76.9 Å². The summed E-state index contributed by atoms with van der Waals surface area (Å²) in [5, 5.41) is 2.75. The van der Waals surface area contributed by atoms with Crippen LogP contribution in [0.3, 0.4) is 0 Å². The standard InChI is InChI=1S/C22H24N4O2/c1-5-17-12-15(3)23-22(24-17)25-20(27)13-18-10-11-19(26(18)4)21(28)16-8-6-14(2)7-9-16/h6-12H,5,13H2,1-4H3,(H,23,24,25,27). The molecule has 0 bridgehead atoms. The SMILES string of the molecule is CCc1cc(C)nc(NC(=O)Cc2ccc(C(=O)c3ccc(C)cc3)n2C)n1. The number of hydrogen-bond acceptors (Lipinski definition) is 4. The minimum absolute atomic E-state index is 0.0660. The number of rotatable bonds is 6. The second-order valence-corrected chi connectivity index (χ2v) is 6.87. The van der Waals surface area contributed by atoms with Crippen LogP contribution in [0.25, 0.3) is 0 Å². The molecule has 0 atom stereocenters. The molecule has 1 N–H and O–H groups in total. The molecule has 2 aromatic heterocycles. The van der Waals surface area contributed by atoms with E-state index in [0.29, 0.717) is 17.2 Å². The van der Waals surface area contributed by atoms with Crippen LogP contribution < -0.4 is 5.32 Å². The van der Waals surface area contributed by atoms with Gasteiger partial charge in [0.1, 0.15) is 0 Å². The van der Waals surface area contributed by atoms with Crippen molar-refractivity contribution in [2.45, 2.75) is 33.6 Å². The van der Waals surface area contributed by atoms with Gasteiger partial charge in [-0.05, 0) is 38.5 Å². The number of benzene rings is 1. The molecule has 0 saturated heterocycles. The number of nitrogens with one attached hydrogen (secondary N) is 1. The van der Waals surface area contributed by atoms with E-state index in [9.17, 15) is 9.59 Å². The van der Waals surface area contributed by atoms with Gasteiger partial charge in [-0.15, -0.1) is 0 Å². The highest BCUT2D eigenvalue weighted by molar-refractivity contribution is 6.08. The maximum absolute atomic E-state index is 12.7. The fourth-order valence-corrected chi connectivity index (χ4v) is 3.02. The quantitative estimate of drug-likeness (QED) is 0.669. The Balaban J connectivity index is 1.73. The van der Waals surface area contributed by atoms with E-state index >= 15 is 0 Å². The van der Waals surface area contributed by atoms with Crippen LogP contribution in [0.1, 0.15) is 45.6 Å². The number of carbonyl (C=O) groups excluding carboxylic acids is 2. The molecule has 6 nitrogen and oxygen atoms in total. The molecule has 0 saturated carbocycles. The maximum atomic E-state index is 12.7. The lowest BCUT2D eigenvalue weighted by Crippen LogP contribution is -2.19. The van der Waals surface area contributed by atoms with Crippen molar-refractivity contribution in [3.05, 3.63) is 76.4 Å². The molecule has 0 aliphatic heterocycles. The van der Waals surface area contributed by atoms with Crippen molar-refractivity contribution < 1.29 is 9.59 Å². The highest BCUT2D eigenvalue weighted by atomic mass is 16.1. The monoisotopic (exact) mass is 376 g/mol. The van der Waals surface area contributed by atoms with Crippen LogP contribution in [0.4, 0.5) is 5.95 Å². The molecule has 1 aromatic carbocycles. The van der Waals surface area contributed by atoms with Crippen molar-refractivity contribution >= 4 is 17.6 Å². The Labute approximate surface area is 164 Å². The predicted octanol–water partition coefficient (Wildman–Crippen LogP) is 3.41. The highest BCUT2D eigenvalue weighted by Crippen LogP contribution is 2.15. The molecule has 0 unspecified atom stereocenters. The van der Waals surface area contributed by atoms with Crippen LogP contribution in [0.5, 0.6) is 0 Å². The van der Waals surface area contributed by atoms with Crippen molar-refractivity contribution in [3.63, 3.8) is 0 Å². The molecule has 3 rings (SSSR count). The summed E-state index contributed by atoms with van der Waals surface area (Å²) in [4.78, 5) is 33.8. The number of anilines is 1. The Morgan fingerprint density at radius 2 is 1.75 bits per heavy atom. The lowest BCUT2D eigenvalue weighted by atomic mass is 10.1. The summed E-state index contributed by atoms with van der Waals surface area (Å²) in [7, 11) is 1.79. The zero-order valence-electron chi connectivity index (χ0n) is 16.6. The number of aromatic nitrogens is 3. The molecule has 144 valence electrons. The van der Waals surface area contributed by atoms with E-state index in [1.807, 2.05) is 51.1 Å². The zero-order chi connectivity index (χ0) is 20.3. The Bertz CT molecular complexity index is 1020. The first-order valence-electron chi connectivity index (χ1n) is 9.27. The molecule has 0 spiro atoms. The van der Waals surface area contributed by atoms with Gasteiger partial charge in [-0.2, -0.15) is 0 Å². The zero-order valence-corrected chi connectivity index (χ0v) is 16.6. The number of carbonyl (C=O) groups is 2. The number of amides is 1. The van der Waals surface area contributed by atoms with E-state index in [2.05, 4.69) is 15.3 Å². The minimum Gasteiger partial charge on any atom is -0.344 e. The predicted molar refractivity (Wildman–Crippen MR) is 109 cm³/mol. The third-order valence-corrected chi connectivity index (χ3v) is 4.63. The summed E-state index contributed by atoms with van der Waals surface area (Å²) >= 11 is 0. The Morgan fingerprint density at radius 1 is 1.04 bits per heavy atom. The molecule has 0 aliphatic rings. The maximum Gasteiger partial charge on any atom is 0.232 e. The molecular weight excluding hydrogens is 352 g/mol. The van der Waals surface area contributed by atoms with Crippen molar-refractivity contribution in [2.24, 2.45) is 7.05 Å². The molecule has 0 radical (unpaired) electrons. The summed E-state index contributed by atoms with van der Waals surface area (Å²) in [6.45, 7) is 5.86. The summed E-state index contributed by atoms with van der Waals surface area (Å²) in [5.41, 5.74) is 4.72. The molecule has 0 fully saturated rings. The van der Waals surface area contributed by atoms with Gasteiger partial charge in [0, 0.05) is 29.7 Å². The Hall–Kier alpha value is -3.28. The van der Waals surface area contributed by atoms with Gasteiger partial charge in [-0.3, -0.25) is 14.9 Å². The van der Waals surface area contributed by atoms with E-state index in [-0.39, 0.29) is 18.1 Å². The van der Waals surface area contributed by atoms with Gasteiger partial charge in [-0.1, -0.05) is 36.8 Å². The Morgan fingerprint density at radius 3 is 2.43 bits per heavy atom. The lowest BCUT2D eigenvalue weighted by Gasteiger charge is -2.09. The van der Waals surface area contributed by atoms with Crippen LogP contribution >= 0.6 is 0 Å². The second kappa shape index (κ2) is 8.17. The Kier molecular flexibility index (Phi) is 5.68. The van der Waals surface area contributed by atoms with Crippen LogP contribution in [-0.2, 0) is 24.7 Å². The van der Waals surface area contributed by atoms with Crippen LogP contribution in [0.2, 0.25) is 0 Å².